The summed E-state index contributed by atoms with van der Waals surface area (Å²) in [6.07, 6.45) is 4.22. The van der Waals surface area contributed by atoms with Crippen LogP contribution in [0.2, 0.25) is 0 Å². The van der Waals surface area contributed by atoms with Crippen molar-refractivity contribution >= 4 is 5.82 Å². The molecular formula is C12H16N4O2. The fourth-order valence-electron chi connectivity index (χ4n) is 1.66. The van der Waals surface area contributed by atoms with Crippen LogP contribution in [0.25, 0.3) is 0 Å². The van der Waals surface area contributed by atoms with Crippen molar-refractivity contribution < 1.29 is 4.52 Å². The molecule has 6 nitrogen and oxygen atoms in total. The quantitative estimate of drug-likeness (QED) is 0.869. The molecule has 2 aromatic rings. The zero-order valence-electron chi connectivity index (χ0n) is 10.5. The van der Waals surface area contributed by atoms with Gasteiger partial charge in [-0.3, -0.25) is 4.79 Å². The van der Waals surface area contributed by atoms with Crippen molar-refractivity contribution in [2.75, 3.05) is 5.32 Å². The molecule has 2 aromatic heterocycles. The number of anilines is 1. The van der Waals surface area contributed by atoms with E-state index in [0.717, 1.165) is 17.9 Å². The third kappa shape index (κ3) is 2.77. The Labute approximate surface area is 105 Å². The molecule has 6 heteroatoms. The Morgan fingerprint density at radius 1 is 1.50 bits per heavy atom. The highest BCUT2D eigenvalue weighted by atomic mass is 16.5. The molecule has 2 heterocycles. The summed E-state index contributed by atoms with van der Waals surface area (Å²) >= 11 is 0. The Morgan fingerprint density at radius 2 is 2.33 bits per heavy atom. The van der Waals surface area contributed by atoms with E-state index >= 15 is 0 Å². The van der Waals surface area contributed by atoms with E-state index in [9.17, 15) is 4.79 Å². The van der Waals surface area contributed by atoms with E-state index in [1.807, 2.05) is 19.9 Å². The molecular weight excluding hydrogens is 232 g/mol. The number of aromatic nitrogens is 3. The number of hydrogen-bond donors (Lipinski definition) is 1. The van der Waals surface area contributed by atoms with Gasteiger partial charge >= 0.3 is 0 Å². The first kappa shape index (κ1) is 12.3. The van der Waals surface area contributed by atoms with Crippen molar-refractivity contribution in [1.82, 2.24) is 14.7 Å². The Bertz CT molecular complexity index is 573. The molecule has 0 saturated heterocycles. The first-order valence-corrected chi connectivity index (χ1v) is 5.92. The van der Waals surface area contributed by atoms with E-state index in [4.69, 9.17) is 4.52 Å². The molecule has 0 saturated carbocycles. The lowest BCUT2D eigenvalue weighted by Crippen LogP contribution is -2.24. The van der Waals surface area contributed by atoms with Crippen LogP contribution in [0, 0.1) is 6.92 Å². The number of nitrogens with one attached hydrogen (secondary N) is 1. The minimum absolute atomic E-state index is 0.112. The van der Waals surface area contributed by atoms with Crippen LogP contribution in [0.5, 0.6) is 0 Å². The highest BCUT2D eigenvalue weighted by Gasteiger charge is 2.05. The summed E-state index contributed by atoms with van der Waals surface area (Å²) in [5, 5.41) is 6.82. The second kappa shape index (κ2) is 5.48. The van der Waals surface area contributed by atoms with Gasteiger partial charge < -0.3 is 14.4 Å². The second-order valence-electron chi connectivity index (χ2n) is 4.06. The molecule has 96 valence electrons. The Kier molecular flexibility index (Phi) is 3.76. The van der Waals surface area contributed by atoms with Gasteiger partial charge in [0.25, 0.3) is 5.56 Å². The monoisotopic (exact) mass is 248 g/mol. The Hall–Kier alpha value is -2.11. The smallest absolute Gasteiger partial charge is 0.293 e. The first-order valence-electron chi connectivity index (χ1n) is 5.92. The molecule has 0 aliphatic heterocycles. The Balaban J connectivity index is 2.09. The number of aryl methyl sites for hydroxylation is 2. The molecule has 0 aromatic carbocycles. The van der Waals surface area contributed by atoms with Crippen molar-refractivity contribution in [2.45, 2.75) is 33.4 Å². The molecule has 0 unspecified atom stereocenters. The summed E-state index contributed by atoms with van der Waals surface area (Å²) in [6.45, 7) is 4.97. The zero-order chi connectivity index (χ0) is 13.0. The van der Waals surface area contributed by atoms with E-state index in [2.05, 4.69) is 15.5 Å². The molecule has 18 heavy (non-hydrogen) atoms. The van der Waals surface area contributed by atoms with Crippen LogP contribution in [-0.4, -0.2) is 14.7 Å². The SMILES string of the molecule is CCCn1ccnc(NCc2cc(C)on2)c1=O. The van der Waals surface area contributed by atoms with Crippen molar-refractivity contribution in [2.24, 2.45) is 0 Å². The predicted octanol–water partition coefficient (Wildman–Crippen LogP) is 1.56. The van der Waals surface area contributed by atoms with Crippen molar-refractivity contribution in [3.63, 3.8) is 0 Å². The molecule has 0 aliphatic rings. The van der Waals surface area contributed by atoms with Crippen LogP contribution in [-0.2, 0) is 13.1 Å². The average Bonchev–Trinajstić information content (AvgIpc) is 2.77. The van der Waals surface area contributed by atoms with Gasteiger partial charge in [0.2, 0.25) is 0 Å². The lowest BCUT2D eigenvalue weighted by Gasteiger charge is -2.06. The molecule has 0 radical (unpaired) electrons. The van der Waals surface area contributed by atoms with E-state index < -0.39 is 0 Å². The molecule has 0 atom stereocenters. The molecule has 0 aliphatic carbocycles. The zero-order valence-corrected chi connectivity index (χ0v) is 10.5. The highest BCUT2D eigenvalue weighted by molar-refractivity contribution is 5.31. The van der Waals surface area contributed by atoms with Crippen molar-refractivity contribution in [1.29, 1.82) is 0 Å². The van der Waals surface area contributed by atoms with Gasteiger partial charge in [0.05, 0.1) is 6.54 Å². The molecule has 0 fully saturated rings. The van der Waals surface area contributed by atoms with E-state index in [1.165, 1.54) is 0 Å². The summed E-state index contributed by atoms with van der Waals surface area (Å²) in [7, 11) is 0. The number of hydrogen-bond acceptors (Lipinski definition) is 5. The van der Waals surface area contributed by atoms with E-state index in [0.29, 0.717) is 18.9 Å². The minimum atomic E-state index is -0.112. The van der Waals surface area contributed by atoms with Crippen LogP contribution in [0.4, 0.5) is 5.82 Å². The maximum absolute atomic E-state index is 12.0. The van der Waals surface area contributed by atoms with Crippen molar-refractivity contribution in [3.05, 3.63) is 40.3 Å². The van der Waals surface area contributed by atoms with E-state index in [1.54, 1.807) is 17.0 Å². The summed E-state index contributed by atoms with van der Waals surface area (Å²) in [6, 6.07) is 1.82. The second-order valence-corrected chi connectivity index (χ2v) is 4.06. The fraction of sp³-hybridized carbons (Fsp3) is 0.417. The summed E-state index contributed by atoms with van der Waals surface area (Å²) in [5.41, 5.74) is 0.638. The normalized spacial score (nSPS) is 10.6. The average molecular weight is 248 g/mol. The maximum atomic E-state index is 12.0. The lowest BCUT2D eigenvalue weighted by molar-refractivity contribution is 0.391. The number of nitrogens with zero attached hydrogens (tertiary/aromatic N) is 3. The molecule has 2 rings (SSSR count). The minimum Gasteiger partial charge on any atom is -0.361 e. The van der Waals surface area contributed by atoms with Gasteiger partial charge in [0, 0.05) is 25.0 Å². The summed E-state index contributed by atoms with van der Waals surface area (Å²) in [5.74, 6) is 1.09. The predicted molar refractivity (Wildman–Crippen MR) is 67.4 cm³/mol. The molecule has 1 N–H and O–H groups in total. The van der Waals surface area contributed by atoms with Crippen LogP contribution in [0.3, 0.4) is 0 Å². The molecule has 0 spiro atoms. The van der Waals surface area contributed by atoms with Gasteiger partial charge in [-0.2, -0.15) is 0 Å². The maximum Gasteiger partial charge on any atom is 0.293 e. The molecule has 0 bridgehead atoms. The van der Waals surface area contributed by atoms with Crippen LogP contribution in [0.15, 0.2) is 27.8 Å². The van der Waals surface area contributed by atoms with Crippen LogP contribution >= 0.6 is 0 Å². The van der Waals surface area contributed by atoms with E-state index in [-0.39, 0.29) is 5.56 Å². The fourth-order valence-corrected chi connectivity index (χ4v) is 1.66. The summed E-state index contributed by atoms with van der Waals surface area (Å²) < 4.78 is 6.59. The third-order valence-electron chi connectivity index (χ3n) is 2.49. The standard InChI is InChI=1S/C12H16N4O2/c1-3-5-16-6-4-13-11(12(16)17)14-8-10-7-9(2)18-15-10/h4,6-7H,3,5,8H2,1-2H3,(H,13,14). The topological polar surface area (TPSA) is 73.0 Å². The first-order chi connectivity index (χ1) is 8.70. The van der Waals surface area contributed by atoms with Crippen molar-refractivity contribution in [3.8, 4) is 0 Å². The van der Waals surface area contributed by atoms with Crippen LogP contribution in [0.1, 0.15) is 24.8 Å². The van der Waals surface area contributed by atoms with Gasteiger partial charge in [0.15, 0.2) is 5.82 Å². The lowest BCUT2D eigenvalue weighted by atomic mass is 10.4. The van der Waals surface area contributed by atoms with Gasteiger partial charge in [-0.05, 0) is 13.3 Å². The summed E-state index contributed by atoms with van der Waals surface area (Å²) in [4.78, 5) is 16.0. The highest BCUT2D eigenvalue weighted by Crippen LogP contribution is 2.03. The van der Waals surface area contributed by atoms with Gasteiger partial charge in [0.1, 0.15) is 11.5 Å². The largest absolute Gasteiger partial charge is 0.361 e. The van der Waals surface area contributed by atoms with Gasteiger partial charge in [-0.15, -0.1) is 0 Å². The Morgan fingerprint density at radius 3 is 3.00 bits per heavy atom. The number of rotatable bonds is 5. The van der Waals surface area contributed by atoms with Gasteiger partial charge in [-0.1, -0.05) is 12.1 Å². The third-order valence-corrected chi connectivity index (χ3v) is 2.49. The van der Waals surface area contributed by atoms with Gasteiger partial charge in [-0.25, -0.2) is 4.98 Å². The van der Waals surface area contributed by atoms with Crippen LogP contribution < -0.4 is 10.9 Å². The molecule has 0 amide bonds.